The van der Waals surface area contributed by atoms with Crippen molar-refractivity contribution in [3.8, 4) is 0 Å². The van der Waals surface area contributed by atoms with Gasteiger partial charge >= 0.3 is 0 Å². The predicted octanol–water partition coefficient (Wildman–Crippen LogP) is 3.47. The lowest BCUT2D eigenvalue weighted by Crippen LogP contribution is -2.44. The van der Waals surface area contributed by atoms with Crippen LogP contribution in [0.3, 0.4) is 0 Å². The van der Waals surface area contributed by atoms with Crippen molar-refractivity contribution in [1.82, 2.24) is 10.3 Å². The molecule has 1 aliphatic carbocycles. The molecular formula is C17H12ClF3N2O2. The van der Waals surface area contributed by atoms with E-state index in [9.17, 15) is 18.4 Å². The number of hydrogen-bond donors (Lipinski definition) is 1. The summed E-state index contributed by atoms with van der Waals surface area (Å²) in [5.41, 5.74) is -2.84. The predicted molar refractivity (Wildman–Crippen MR) is 83.8 cm³/mol. The second-order valence-corrected chi connectivity index (χ2v) is 6.05. The number of alkyl halides is 1. The lowest BCUT2D eigenvalue weighted by Gasteiger charge is -2.29. The first kappa shape index (κ1) is 17.4. The molecule has 4 nitrogen and oxygen atoms in total. The summed E-state index contributed by atoms with van der Waals surface area (Å²) in [6, 6.07) is 5.09. The lowest BCUT2D eigenvalue weighted by molar-refractivity contribution is -0.134. The number of Topliss-reactive ketones (excluding diaryl/α,β-unsaturated/α-hetero) is 1. The molecule has 1 amide bonds. The molecule has 1 N–H and O–H groups in total. The molecule has 130 valence electrons. The molecule has 2 aromatic rings. The highest BCUT2D eigenvalue weighted by Gasteiger charge is 2.46. The van der Waals surface area contributed by atoms with Gasteiger partial charge in [-0.1, -0.05) is 23.7 Å². The number of ketones is 1. The Kier molecular flexibility index (Phi) is 4.51. The number of nitrogens with one attached hydrogen (secondary N) is 1. The van der Waals surface area contributed by atoms with E-state index in [2.05, 4.69) is 10.3 Å². The number of carbonyl (C=O) groups excluding carboxylic acids is 2. The maximum absolute atomic E-state index is 15.3. The third-order valence-electron chi connectivity index (χ3n) is 4.11. The number of pyridine rings is 1. The third kappa shape index (κ3) is 3.00. The Hall–Kier alpha value is -2.41. The minimum Gasteiger partial charge on any atom is -0.349 e. The first-order valence-electron chi connectivity index (χ1n) is 7.43. The van der Waals surface area contributed by atoms with E-state index in [0.717, 1.165) is 6.07 Å². The molecule has 0 spiro atoms. The van der Waals surface area contributed by atoms with E-state index in [4.69, 9.17) is 11.6 Å². The van der Waals surface area contributed by atoms with Crippen molar-refractivity contribution in [3.05, 3.63) is 63.9 Å². The van der Waals surface area contributed by atoms with Gasteiger partial charge in [0.1, 0.15) is 5.69 Å². The van der Waals surface area contributed by atoms with Gasteiger partial charge in [0.15, 0.2) is 17.4 Å². The quantitative estimate of drug-likeness (QED) is 0.844. The standard InChI is InChI=1S/C17H12ClF3N2O2/c18-11-4-3-9(13(19)14(11)20)8-23-16(25)17(21)6-5-12(24)15-10(17)2-1-7-22-15/h1-4,7H,5-6,8H2,(H,23,25). The van der Waals surface area contributed by atoms with E-state index >= 15 is 4.39 Å². The van der Waals surface area contributed by atoms with Crippen LogP contribution < -0.4 is 5.32 Å². The van der Waals surface area contributed by atoms with Crippen molar-refractivity contribution >= 4 is 23.3 Å². The molecule has 1 unspecified atom stereocenters. The zero-order valence-corrected chi connectivity index (χ0v) is 13.5. The van der Waals surface area contributed by atoms with E-state index in [1.54, 1.807) is 0 Å². The Balaban J connectivity index is 1.84. The maximum atomic E-state index is 15.3. The number of carbonyl (C=O) groups is 2. The van der Waals surface area contributed by atoms with Crippen molar-refractivity contribution in [3.63, 3.8) is 0 Å². The van der Waals surface area contributed by atoms with E-state index in [1.807, 2.05) is 0 Å². The molecule has 1 aromatic carbocycles. The molecule has 25 heavy (non-hydrogen) atoms. The molecule has 0 bridgehead atoms. The summed E-state index contributed by atoms with van der Waals surface area (Å²) >= 11 is 5.46. The fourth-order valence-corrected chi connectivity index (χ4v) is 2.89. The molecule has 8 heteroatoms. The van der Waals surface area contributed by atoms with Gasteiger partial charge in [-0.15, -0.1) is 0 Å². The fourth-order valence-electron chi connectivity index (χ4n) is 2.74. The van der Waals surface area contributed by atoms with Crippen LogP contribution in [0.4, 0.5) is 13.2 Å². The van der Waals surface area contributed by atoms with Crippen LogP contribution in [-0.2, 0) is 17.0 Å². The van der Waals surface area contributed by atoms with Gasteiger partial charge in [-0.3, -0.25) is 14.6 Å². The minimum absolute atomic E-state index is 0.0879. The molecule has 0 aliphatic heterocycles. The maximum Gasteiger partial charge on any atom is 0.262 e. The summed E-state index contributed by atoms with van der Waals surface area (Å²) < 4.78 is 42.5. The summed E-state index contributed by atoms with van der Waals surface area (Å²) in [5.74, 6) is -3.82. The van der Waals surface area contributed by atoms with E-state index in [1.165, 1.54) is 24.4 Å². The van der Waals surface area contributed by atoms with Crippen LogP contribution in [0, 0.1) is 11.6 Å². The van der Waals surface area contributed by atoms with Crippen LogP contribution >= 0.6 is 11.6 Å². The summed E-state index contributed by atoms with van der Waals surface area (Å²) in [5, 5.41) is 1.86. The van der Waals surface area contributed by atoms with Crippen LogP contribution in [0.25, 0.3) is 0 Å². The smallest absolute Gasteiger partial charge is 0.262 e. The number of hydrogen-bond acceptors (Lipinski definition) is 3. The number of nitrogens with zero attached hydrogens (tertiary/aromatic N) is 1. The van der Waals surface area contributed by atoms with E-state index < -0.39 is 29.8 Å². The highest BCUT2D eigenvalue weighted by molar-refractivity contribution is 6.30. The van der Waals surface area contributed by atoms with Crippen molar-refractivity contribution in [1.29, 1.82) is 0 Å². The van der Waals surface area contributed by atoms with Gasteiger partial charge in [-0.25, -0.2) is 13.2 Å². The number of fused-ring (bicyclic) bond motifs is 1. The van der Waals surface area contributed by atoms with Crippen LogP contribution in [0.1, 0.15) is 34.5 Å². The van der Waals surface area contributed by atoms with Crippen LogP contribution in [0.2, 0.25) is 5.02 Å². The third-order valence-corrected chi connectivity index (χ3v) is 4.40. The Labute approximate surface area is 146 Å². The van der Waals surface area contributed by atoms with Gasteiger partial charge in [0.05, 0.1) is 5.02 Å². The molecule has 1 aliphatic rings. The summed E-state index contributed by atoms with van der Waals surface area (Å²) in [4.78, 5) is 28.0. The van der Waals surface area contributed by atoms with Crippen molar-refractivity contribution in [2.24, 2.45) is 0 Å². The van der Waals surface area contributed by atoms with Crippen LogP contribution in [0.5, 0.6) is 0 Å². The molecule has 3 rings (SSSR count). The zero-order chi connectivity index (χ0) is 18.2. The molecular weight excluding hydrogens is 357 g/mol. The normalized spacial score (nSPS) is 19.4. The monoisotopic (exact) mass is 368 g/mol. The molecule has 1 aromatic heterocycles. The van der Waals surface area contributed by atoms with Gasteiger partial charge in [-0.2, -0.15) is 0 Å². The van der Waals surface area contributed by atoms with Crippen LogP contribution in [-0.4, -0.2) is 16.7 Å². The van der Waals surface area contributed by atoms with E-state index in [0.29, 0.717) is 0 Å². The van der Waals surface area contributed by atoms with Crippen molar-refractivity contribution < 1.29 is 22.8 Å². The summed E-state index contributed by atoms with van der Waals surface area (Å²) in [7, 11) is 0. The largest absolute Gasteiger partial charge is 0.349 e. The van der Waals surface area contributed by atoms with Gasteiger partial charge in [0.2, 0.25) is 5.67 Å². The van der Waals surface area contributed by atoms with Gasteiger partial charge in [0, 0.05) is 36.7 Å². The lowest BCUT2D eigenvalue weighted by atomic mass is 9.81. The van der Waals surface area contributed by atoms with Gasteiger partial charge in [0.25, 0.3) is 5.91 Å². The number of aromatic nitrogens is 1. The first-order valence-corrected chi connectivity index (χ1v) is 7.80. The average molecular weight is 369 g/mol. The molecule has 0 saturated carbocycles. The van der Waals surface area contributed by atoms with Crippen molar-refractivity contribution in [2.75, 3.05) is 0 Å². The highest BCUT2D eigenvalue weighted by atomic mass is 35.5. The summed E-state index contributed by atoms with van der Waals surface area (Å²) in [6.45, 7) is -0.423. The second-order valence-electron chi connectivity index (χ2n) is 5.64. The van der Waals surface area contributed by atoms with Gasteiger partial charge in [-0.05, 0) is 12.1 Å². The molecule has 0 fully saturated rings. The zero-order valence-electron chi connectivity index (χ0n) is 12.8. The number of rotatable bonds is 3. The average Bonchev–Trinajstić information content (AvgIpc) is 2.62. The van der Waals surface area contributed by atoms with Crippen LogP contribution in [0.15, 0.2) is 30.5 Å². The first-order chi connectivity index (χ1) is 11.8. The van der Waals surface area contributed by atoms with E-state index in [-0.39, 0.29) is 40.5 Å². The Morgan fingerprint density at radius 1 is 1.28 bits per heavy atom. The fraction of sp³-hybridized carbons (Fsp3) is 0.235. The number of halogens is 4. The molecule has 0 saturated heterocycles. The molecule has 1 heterocycles. The number of benzene rings is 1. The second kappa shape index (κ2) is 6.48. The molecule has 0 radical (unpaired) electrons. The minimum atomic E-state index is -2.46. The summed E-state index contributed by atoms with van der Waals surface area (Å²) in [6.07, 6.45) is 0.831. The SMILES string of the molecule is O=C1CCC(F)(C(=O)NCc2ccc(Cl)c(F)c2F)c2cccnc21. The Morgan fingerprint density at radius 3 is 2.80 bits per heavy atom. The topological polar surface area (TPSA) is 59.1 Å². The molecule has 1 atom stereocenters. The number of amides is 1. The Morgan fingerprint density at radius 2 is 2.04 bits per heavy atom. The van der Waals surface area contributed by atoms with Gasteiger partial charge < -0.3 is 5.32 Å². The Bertz CT molecular complexity index is 875. The highest BCUT2D eigenvalue weighted by Crippen LogP contribution is 2.38. The van der Waals surface area contributed by atoms with Crippen molar-refractivity contribution in [2.45, 2.75) is 25.1 Å².